The molecule has 9 heteroatoms. The number of piperidine rings is 1. The number of anilines is 1. The zero-order valence-electron chi connectivity index (χ0n) is 17.9. The van der Waals surface area contributed by atoms with Gasteiger partial charge in [0.1, 0.15) is 5.70 Å². The molecule has 1 aromatic rings. The predicted molar refractivity (Wildman–Crippen MR) is 115 cm³/mol. The summed E-state index contributed by atoms with van der Waals surface area (Å²) < 4.78 is 4.77. The van der Waals surface area contributed by atoms with Crippen LogP contribution >= 0.6 is 0 Å². The number of likely N-dealkylation sites (tertiary alicyclic amines) is 1. The fourth-order valence-electron chi connectivity index (χ4n) is 3.81. The van der Waals surface area contributed by atoms with Crippen molar-refractivity contribution in [3.63, 3.8) is 0 Å². The second kappa shape index (κ2) is 10.9. The molecule has 1 saturated heterocycles. The van der Waals surface area contributed by atoms with Gasteiger partial charge in [0, 0.05) is 30.9 Å². The van der Waals surface area contributed by atoms with Crippen molar-refractivity contribution in [2.45, 2.75) is 19.3 Å². The molecular weight excluding hydrogens is 400 g/mol. The molecule has 0 unspecified atom stereocenters. The third-order valence-electron chi connectivity index (χ3n) is 5.53. The average molecular weight is 431 g/mol. The first-order valence-electron chi connectivity index (χ1n) is 10.6. The van der Waals surface area contributed by atoms with E-state index < -0.39 is 5.97 Å². The summed E-state index contributed by atoms with van der Waals surface area (Å²) in [5.74, 6) is -1.13. The minimum atomic E-state index is -0.596. The Balaban J connectivity index is 1.59. The maximum absolute atomic E-state index is 12.6. The van der Waals surface area contributed by atoms with Gasteiger partial charge in [-0.05, 0) is 50.2 Å². The van der Waals surface area contributed by atoms with E-state index in [1.165, 1.54) is 31.3 Å². The highest BCUT2D eigenvalue weighted by Gasteiger charge is 2.34. The predicted octanol–water partition coefficient (Wildman–Crippen LogP) is 0.576. The van der Waals surface area contributed by atoms with E-state index in [-0.39, 0.29) is 42.8 Å². The zero-order valence-corrected chi connectivity index (χ0v) is 17.9. The highest BCUT2D eigenvalue weighted by molar-refractivity contribution is 6.08. The number of esters is 1. The number of hydrogen-bond donors (Lipinski definition) is 3. The van der Waals surface area contributed by atoms with Crippen LogP contribution in [0.2, 0.25) is 0 Å². The van der Waals surface area contributed by atoms with Crippen molar-refractivity contribution in [1.82, 2.24) is 15.1 Å². The van der Waals surface area contributed by atoms with Crippen LogP contribution < -0.4 is 10.6 Å². The number of carbonyl (C=O) groups excluding carboxylic acids is 3. The van der Waals surface area contributed by atoms with Crippen LogP contribution in [0.4, 0.5) is 5.69 Å². The molecule has 0 aromatic heterocycles. The summed E-state index contributed by atoms with van der Waals surface area (Å²) in [6, 6.07) is 6.70. The van der Waals surface area contributed by atoms with Crippen LogP contribution in [0.25, 0.3) is 0 Å². The SMILES string of the molecule is COC(=O)C1=C(Nc2ccc(C(=O)NCCN3CCCCC3)cc2)C(=O)N(CCO)C1. The second-order valence-electron chi connectivity index (χ2n) is 7.66. The van der Waals surface area contributed by atoms with E-state index >= 15 is 0 Å². The highest BCUT2D eigenvalue weighted by atomic mass is 16.5. The van der Waals surface area contributed by atoms with Gasteiger partial charge < -0.3 is 30.3 Å². The van der Waals surface area contributed by atoms with Crippen molar-refractivity contribution in [2.24, 2.45) is 0 Å². The number of β-amino-alcohol motifs (C(OH)–C–C–N with tert-alkyl or cyclic N) is 1. The van der Waals surface area contributed by atoms with Crippen LogP contribution in [-0.2, 0) is 14.3 Å². The maximum atomic E-state index is 12.6. The number of nitrogens with zero attached hydrogens (tertiary/aromatic N) is 2. The molecule has 0 spiro atoms. The lowest BCUT2D eigenvalue weighted by atomic mass is 10.1. The van der Waals surface area contributed by atoms with Gasteiger partial charge in [0.2, 0.25) is 0 Å². The first-order valence-corrected chi connectivity index (χ1v) is 10.6. The van der Waals surface area contributed by atoms with Crippen molar-refractivity contribution in [3.8, 4) is 0 Å². The third-order valence-corrected chi connectivity index (χ3v) is 5.53. The molecule has 0 atom stereocenters. The molecule has 0 bridgehead atoms. The fourth-order valence-corrected chi connectivity index (χ4v) is 3.81. The van der Waals surface area contributed by atoms with Crippen LogP contribution in [0.5, 0.6) is 0 Å². The van der Waals surface area contributed by atoms with Crippen LogP contribution in [0.1, 0.15) is 29.6 Å². The lowest BCUT2D eigenvalue weighted by Crippen LogP contribution is -2.37. The Morgan fingerprint density at radius 2 is 1.81 bits per heavy atom. The Morgan fingerprint density at radius 1 is 1.10 bits per heavy atom. The molecule has 3 rings (SSSR count). The second-order valence-corrected chi connectivity index (χ2v) is 7.66. The molecule has 0 saturated carbocycles. The van der Waals surface area contributed by atoms with Crippen molar-refractivity contribution in [2.75, 3.05) is 58.3 Å². The lowest BCUT2D eigenvalue weighted by Gasteiger charge is -2.26. The third kappa shape index (κ3) is 5.83. The standard InChI is InChI=1S/C22H30N4O5/c1-31-22(30)18-15-26(13-14-27)21(29)19(18)24-17-7-5-16(6-8-17)20(28)23-9-12-25-10-3-2-4-11-25/h5-8,24,27H,2-4,9-15H2,1H3,(H,23,28). The van der Waals surface area contributed by atoms with Crippen molar-refractivity contribution in [1.29, 1.82) is 0 Å². The fraction of sp³-hybridized carbons (Fsp3) is 0.500. The first-order chi connectivity index (χ1) is 15.0. The summed E-state index contributed by atoms with van der Waals surface area (Å²) in [5.41, 5.74) is 1.42. The summed E-state index contributed by atoms with van der Waals surface area (Å²) in [4.78, 5) is 40.7. The highest BCUT2D eigenvalue weighted by Crippen LogP contribution is 2.23. The largest absolute Gasteiger partial charge is 0.466 e. The molecule has 2 heterocycles. The summed E-state index contributed by atoms with van der Waals surface area (Å²) in [5, 5.41) is 15.0. The van der Waals surface area contributed by atoms with E-state index in [0.717, 1.165) is 19.6 Å². The number of carbonyl (C=O) groups is 3. The first kappa shape index (κ1) is 22.8. The molecule has 1 fully saturated rings. The smallest absolute Gasteiger partial charge is 0.337 e. The van der Waals surface area contributed by atoms with E-state index in [1.807, 2.05) is 0 Å². The Hall–Kier alpha value is -2.91. The normalized spacial score (nSPS) is 17.1. The number of aliphatic hydroxyl groups is 1. The summed E-state index contributed by atoms with van der Waals surface area (Å²) in [6.07, 6.45) is 3.72. The molecule has 31 heavy (non-hydrogen) atoms. The quantitative estimate of drug-likeness (QED) is 0.491. The number of benzene rings is 1. The van der Waals surface area contributed by atoms with Gasteiger partial charge in [0.05, 0.1) is 25.8 Å². The molecule has 2 amide bonds. The van der Waals surface area contributed by atoms with Gasteiger partial charge in [-0.1, -0.05) is 6.42 Å². The zero-order chi connectivity index (χ0) is 22.2. The van der Waals surface area contributed by atoms with Gasteiger partial charge in [-0.3, -0.25) is 9.59 Å². The van der Waals surface area contributed by atoms with Crippen molar-refractivity contribution < 1.29 is 24.2 Å². The minimum absolute atomic E-state index is 0.0753. The van der Waals surface area contributed by atoms with E-state index in [4.69, 9.17) is 9.84 Å². The topological polar surface area (TPSA) is 111 Å². The van der Waals surface area contributed by atoms with E-state index in [1.54, 1.807) is 24.3 Å². The molecule has 2 aliphatic heterocycles. The molecule has 0 aliphatic carbocycles. The Bertz CT molecular complexity index is 831. The van der Waals surface area contributed by atoms with E-state index in [0.29, 0.717) is 17.8 Å². The monoisotopic (exact) mass is 430 g/mol. The van der Waals surface area contributed by atoms with Gasteiger partial charge in [-0.2, -0.15) is 0 Å². The number of methoxy groups -OCH3 is 1. The summed E-state index contributed by atoms with van der Waals surface area (Å²) in [7, 11) is 1.25. The summed E-state index contributed by atoms with van der Waals surface area (Å²) in [6.45, 7) is 3.63. The van der Waals surface area contributed by atoms with Gasteiger partial charge >= 0.3 is 5.97 Å². The Labute approximate surface area is 182 Å². The van der Waals surface area contributed by atoms with Crippen LogP contribution in [-0.4, -0.2) is 85.7 Å². The number of rotatable bonds is 9. The van der Waals surface area contributed by atoms with E-state index in [2.05, 4.69) is 15.5 Å². The molecule has 0 radical (unpaired) electrons. The van der Waals surface area contributed by atoms with Crippen molar-refractivity contribution in [3.05, 3.63) is 41.1 Å². The summed E-state index contributed by atoms with van der Waals surface area (Å²) >= 11 is 0. The van der Waals surface area contributed by atoms with Gasteiger partial charge in [-0.15, -0.1) is 0 Å². The van der Waals surface area contributed by atoms with Gasteiger partial charge in [-0.25, -0.2) is 4.79 Å². The van der Waals surface area contributed by atoms with Crippen LogP contribution in [0, 0.1) is 0 Å². The number of ether oxygens (including phenoxy) is 1. The molecular formula is C22H30N4O5. The maximum Gasteiger partial charge on any atom is 0.337 e. The number of nitrogens with one attached hydrogen (secondary N) is 2. The molecule has 3 N–H and O–H groups in total. The molecule has 2 aliphatic rings. The van der Waals surface area contributed by atoms with Crippen LogP contribution in [0.15, 0.2) is 35.5 Å². The lowest BCUT2D eigenvalue weighted by molar-refractivity contribution is -0.136. The number of amides is 2. The van der Waals surface area contributed by atoms with Crippen LogP contribution in [0.3, 0.4) is 0 Å². The Morgan fingerprint density at radius 3 is 2.45 bits per heavy atom. The molecule has 168 valence electrons. The molecule has 1 aromatic carbocycles. The van der Waals surface area contributed by atoms with E-state index in [9.17, 15) is 14.4 Å². The molecule has 9 nitrogen and oxygen atoms in total. The Kier molecular flexibility index (Phi) is 8.02. The minimum Gasteiger partial charge on any atom is -0.466 e. The average Bonchev–Trinajstić information content (AvgIpc) is 3.10. The van der Waals surface area contributed by atoms with Crippen molar-refractivity contribution >= 4 is 23.5 Å². The number of aliphatic hydroxyl groups excluding tert-OH is 1. The van der Waals surface area contributed by atoms with Gasteiger partial charge in [0.25, 0.3) is 11.8 Å². The number of hydrogen-bond acceptors (Lipinski definition) is 7. The van der Waals surface area contributed by atoms with Gasteiger partial charge in [0.15, 0.2) is 0 Å².